The molecule has 1 aromatic heterocycles. The summed E-state index contributed by atoms with van der Waals surface area (Å²) in [5.74, 6) is 1.41. The Balaban J connectivity index is 1.29. The van der Waals surface area contributed by atoms with Gasteiger partial charge in [0.05, 0.1) is 0 Å². The van der Waals surface area contributed by atoms with Crippen molar-refractivity contribution < 1.29 is 4.79 Å². The van der Waals surface area contributed by atoms with Crippen LogP contribution in [0.25, 0.3) is 0 Å². The van der Waals surface area contributed by atoms with Crippen LogP contribution in [0.4, 0.5) is 0 Å². The van der Waals surface area contributed by atoms with Crippen molar-refractivity contribution in [3.05, 3.63) is 41.2 Å². The summed E-state index contributed by atoms with van der Waals surface area (Å²) < 4.78 is 1.60. The van der Waals surface area contributed by atoms with Gasteiger partial charge in [-0.1, -0.05) is 24.3 Å². The van der Waals surface area contributed by atoms with E-state index in [2.05, 4.69) is 49.6 Å². The topological polar surface area (TPSA) is 67.2 Å². The van der Waals surface area contributed by atoms with Gasteiger partial charge in [0.2, 0.25) is 5.91 Å². The Bertz CT molecular complexity index is 824. The summed E-state index contributed by atoms with van der Waals surface area (Å²) >= 11 is 0. The molecule has 1 amide bonds. The molecule has 7 heteroatoms. The lowest BCUT2D eigenvalue weighted by atomic mass is 9.95. The van der Waals surface area contributed by atoms with Crippen molar-refractivity contribution in [1.29, 1.82) is 0 Å². The van der Waals surface area contributed by atoms with Crippen LogP contribution < -0.4 is 0 Å². The molecule has 1 aromatic carbocycles. The van der Waals surface area contributed by atoms with E-state index in [0.29, 0.717) is 23.8 Å². The van der Waals surface area contributed by atoms with Gasteiger partial charge in [-0.2, -0.15) is 0 Å². The predicted molar refractivity (Wildman–Crippen MR) is 100.0 cm³/mol. The number of hydrogen-bond donors (Lipinski definition) is 0. The van der Waals surface area contributed by atoms with Crippen LogP contribution in [0.2, 0.25) is 0 Å². The highest BCUT2D eigenvalue weighted by Crippen LogP contribution is 2.33. The molecule has 1 aliphatic carbocycles. The SMILES string of the molecule is Cc1nnnn1CC(=O)N1C[C@H]2CC[C@@H]1CN(C1Cc3ccccc3C1)C2. The van der Waals surface area contributed by atoms with Crippen molar-refractivity contribution in [2.24, 2.45) is 5.92 Å². The Morgan fingerprint density at radius 1 is 1.07 bits per heavy atom. The summed E-state index contributed by atoms with van der Waals surface area (Å²) in [7, 11) is 0. The van der Waals surface area contributed by atoms with Gasteiger partial charge >= 0.3 is 0 Å². The third-order valence-electron chi connectivity index (χ3n) is 6.60. The van der Waals surface area contributed by atoms with Crippen molar-refractivity contribution in [1.82, 2.24) is 30.0 Å². The molecule has 2 aromatic rings. The lowest BCUT2D eigenvalue weighted by molar-refractivity contribution is -0.136. The first kappa shape index (κ1) is 16.9. The summed E-state index contributed by atoms with van der Waals surface area (Å²) in [4.78, 5) is 17.7. The summed E-state index contributed by atoms with van der Waals surface area (Å²) in [6.07, 6.45) is 4.64. The molecule has 0 radical (unpaired) electrons. The number of carbonyl (C=O) groups is 1. The highest BCUT2D eigenvalue weighted by atomic mass is 16.2. The molecule has 3 fully saturated rings. The van der Waals surface area contributed by atoms with Crippen molar-refractivity contribution >= 4 is 5.91 Å². The summed E-state index contributed by atoms with van der Waals surface area (Å²) in [6.45, 7) is 5.07. The van der Waals surface area contributed by atoms with Crippen LogP contribution in [0.1, 0.15) is 29.8 Å². The van der Waals surface area contributed by atoms with E-state index in [4.69, 9.17) is 0 Å². The van der Waals surface area contributed by atoms with Crippen LogP contribution in [0.5, 0.6) is 0 Å². The van der Waals surface area contributed by atoms with Crippen LogP contribution in [-0.2, 0) is 24.2 Å². The van der Waals surface area contributed by atoms with Gasteiger partial charge in [0.15, 0.2) is 0 Å². The van der Waals surface area contributed by atoms with Crippen LogP contribution in [0.15, 0.2) is 24.3 Å². The van der Waals surface area contributed by atoms with Crippen LogP contribution >= 0.6 is 0 Å². The first-order chi connectivity index (χ1) is 13.2. The second-order valence-electron chi connectivity index (χ2n) is 8.31. The van der Waals surface area contributed by atoms with Gasteiger partial charge in [0.25, 0.3) is 0 Å². The predicted octanol–water partition coefficient (Wildman–Crippen LogP) is 1.07. The maximum Gasteiger partial charge on any atom is 0.244 e. The molecular formula is C20H26N6O. The van der Waals surface area contributed by atoms with Crippen LogP contribution in [-0.4, -0.2) is 67.6 Å². The monoisotopic (exact) mass is 366 g/mol. The van der Waals surface area contributed by atoms with Crippen molar-refractivity contribution in [2.45, 2.75) is 51.2 Å². The summed E-state index contributed by atoms with van der Waals surface area (Å²) in [5, 5.41) is 11.5. The zero-order valence-electron chi connectivity index (χ0n) is 15.8. The number of fused-ring (bicyclic) bond motifs is 5. The molecule has 3 saturated heterocycles. The van der Waals surface area contributed by atoms with E-state index in [1.165, 1.54) is 17.5 Å². The summed E-state index contributed by atoms with van der Waals surface area (Å²) in [6, 6.07) is 9.74. The Morgan fingerprint density at radius 3 is 2.56 bits per heavy atom. The van der Waals surface area contributed by atoms with E-state index >= 15 is 0 Å². The normalized spacial score (nSPS) is 25.6. The van der Waals surface area contributed by atoms with E-state index in [0.717, 1.165) is 38.9 Å². The molecule has 142 valence electrons. The first-order valence-electron chi connectivity index (χ1n) is 10.0. The number of piperidine rings is 1. The highest BCUT2D eigenvalue weighted by Gasteiger charge is 2.40. The maximum atomic E-state index is 13.0. The molecule has 4 heterocycles. The van der Waals surface area contributed by atoms with E-state index in [-0.39, 0.29) is 12.5 Å². The maximum absolute atomic E-state index is 13.0. The molecule has 0 spiro atoms. The molecular weight excluding hydrogens is 340 g/mol. The van der Waals surface area contributed by atoms with Crippen molar-refractivity contribution in [3.8, 4) is 0 Å². The number of amides is 1. The van der Waals surface area contributed by atoms with Gasteiger partial charge < -0.3 is 4.90 Å². The molecule has 0 N–H and O–H groups in total. The van der Waals surface area contributed by atoms with Crippen LogP contribution in [0, 0.1) is 12.8 Å². The number of carbonyl (C=O) groups excluding carboxylic acids is 1. The first-order valence-corrected chi connectivity index (χ1v) is 10.0. The molecule has 0 unspecified atom stereocenters. The number of tetrazole rings is 1. The number of benzene rings is 1. The van der Waals surface area contributed by atoms with Gasteiger partial charge in [-0.15, -0.1) is 5.10 Å². The molecule has 4 aliphatic rings. The minimum absolute atomic E-state index is 0.150. The number of aromatic nitrogens is 4. The van der Waals surface area contributed by atoms with Gasteiger partial charge in [-0.05, 0) is 60.1 Å². The molecule has 7 nitrogen and oxygen atoms in total. The number of aryl methyl sites for hydroxylation is 1. The third-order valence-corrected chi connectivity index (χ3v) is 6.60. The average Bonchev–Trinajstić information content (AvgIpc) is 3.16. The van der Waals surface area contributed by atoms with E-state index in [1.54, 1.807) is 4.68 Å². The van der Waals surface area contributed by atoms with E-state index < -0.39 is 0 Å². The second kappa shape index (κ2) is 6.71. The minimum Gasteiger partial charge on any atom is -0.336 e. The van der Waals surface area contributed by atoms with Gasteiger partial charge in [-0.3, -0.25) is 9.69 Å². The lowest BCUT2D eigenvalue weighted by Gasteiger charge is -2.36. The second-order valence-corrected chi connectivity index (χ2v) is 8.31. The minimum atomic E-state index is 0.150. The Hall–Kier alpha value is -2.28. The fraction of sp³-hybridized carbons (Fsp3) is 0.600. The van der Waals surface area contributed by atoms with Crippen molar-refractivity contribution in [2.75, 3.05) is 19.6 Å². The molecule has 0 saturated carbocycles. The standard InChI is InChI=1S/C20H26N6O/c1-14-21-22-23-26(14)13-20(27)25-11-15-6-7-18(25)12-24(10-15)19-8-16-4-2-3-5-17(16)9-19/h2-5,15,18-19H,6-13H2,1H3/t15-,18+/m0/s1. The van der Waals surface area contributed by atoms with Gasteiger partial charge in [-0.25, -0.2) is 4.68 Å². The van der Waals surface area contributed by atoms with Crippen LogP contribution in [0.3, 0.4) is 0 Å². The summed E-state index contributed by atoms with van der Waals surface area (Å²) in [5.41, 5.74) is 3.00. The molecule has 6 rings (SSSR count). The molecule has 2 atom stereocenters. The smallest absolute Gasteiger partial charge is 0.244 e. The largest absolute Gasteiger partial charge is 0.336 e. The van der Waals surface area contributed by atoms with E-state index in [1.807, 2.05) is 6.92 Å². The fourth-order valence-electron chi connectivity index (χ4n) is 5.13. The Morgan fingerprint density at radius 2 is 1.85 bits per heavy atom. The number of hydrogen-bond acceptors (Lipinski definition) is 5. The Labute approximate surface area is 159 Å². The van der Waals surface area contributed by atoms with E-state index in [9.17, 15) is 4.79 Å². The number of nitrogens with zero attached hydrogens (tertiary/aromatic N) is 6. The molecule has 3 aliphatic heterocycles. The number of rotatable bonds is 3. The van der Waals surface area contributed by atoms with Crippen molar-refractivity contribution in [3.63, 3.8) is 0 Å². The quantitative estimate of drug-likeness (QED) is 0.813. The third kappa shape index (κ3) is 3.14. The Kier molecular flexibility index (Phi) is 4.19. The fourth-order valence-corrected chi connectivity index (χ4v) is 5.13. The zero-order valence-corrected chi connectivity index (χ0v) is 15.8. The molecule has 27 heavy (non-hydrogen) atoms. The average molecular weight is 366 g/mol. The van der Waals surface area contributed by atoms with Gasteiger partial charge in [0, 0.05) is 31.7 Å². The van der Waals surface area contributed by atoms with Gasteiger partial charge in [0.1, 0.15) is 12.4 Å². The lowest BCUT2D eigenvalue weighted by Crippen LogP contribution is -2.49. The molecule has 2 bridgehead atoms. The highest BCUT2D eigenvalue weighted by molar-refractivity contribution is 5.76. The zero-order chi connectivity index (χ0) is 18.4.